The Morgan fingerprint density at radius 3 is 2.48 bits per heavy atom. The van der Waals surface area contributed by atoms with E-state index in [0.717, 1.165) is 31.5 Å². The van der Waals surface area contributed by atoms with Crippen molar-refractivity contribution in [1.29, 1.82) is 0 Å². The Bertz CT molecular complexity index is 507. The molecule has 0 aliphatic carbocycles. The van der Waals surface area contributed by atoms with Gasteiger partial charge in [-0.15, -0.1) is 0 Å². The van der Waals surface area contributed by atoms with Crippen molar-refractivity contribution in [3.05, 3.63) is 18.0 Å². The summed E-state index contributed by atoms with van der Waals surface area (Å²) in [5.74, 6) is 0.365. The van der Waals surface area contributed by atoms with E-state index in [1.165, 1.54) is 0 Å². The Morgan fingerprint density at radius 1 is 1.24 bits per heavy atom. The van der Waals surface area contributed by atoms with E-state index in [1.807, 2.05) is 6.92 Å². The predicted molar refractivity (Wildman–Crippen MR) is 86.6 cm³/mol. The molecule has 21 heavy (non-hydrogen) atoms. The lowest BCUT2D eigenvalue weighted by atomic mass is 9.96. The van der Waals surface area contributed by atoms with Crippen molar-refractivity contribution in [2.24, 2.45) is 5.92 Å². The third kappa shape index (κ3) is 5.45. The van der Waals surface area contributed by atoms with Gasteiger partial charge in [-0.25, -0.2) is 13.1 Å². The summed E-state index contributed by atoms with van der Waals surface area (Å²) in [5.41, 5.74) is 0.888. The van der Waals surface area contributed by atoms with E-state index in [1.54, 1.807) is 12.3 Å². The molecule has 0 aliphatic rings. The lowest BCUT2D eigenvalue weighted by Crippen LogP contribution is -2.37. The maximum Gasteiger partial charge on any atom is 0.242 e. The Morgan fingerprint density at radius 2 is 1.90 bits per heavy atom. The van der Waals surface area contributed by atoms with Crippen molar-refractivity contribution < 1.29 is 8.42 Å². The minimum Gasteiger partial charge on any atom is -0.363 e. The second-order valence-electron chi connectivity index (χ2n) is 5.52. The first kappa shape index (κ1) is 18.2. The van der Waals surface area contributed by atoms with E-state index in [9.17, 15) is 8.42 Å². The highest BCUT2D eigenvalue weighted by atomic mass is 32.2. The van der Waals surface area contributed by atoms with Crippen LogP contribution in [0.25, 0.3) is 0 Å². The summed E-state index contributed by atoms with van der Waals surface area (Å²) in [6.07, 6.45) is 4.56. The first-order chi connectivity index (χ1) is 9.94. The molecule has 0 aromatic carbocycles. The van der Waals surface area contributed by atoms with Gasteiger partial charge in [0.1, 0.15) is 0 Å². The molecule has 1 aromatic rings. The maximum atomic E-state index is 12.4. The molecule has 3 N–H and O–H groups in total. The van der Waals surface area contributed by atoms with Gasteiger partial charge >= 0.3 is 0 Å². The average Bonchev–Trinajstić information content (AvgIpc) is 2.89. The van der Waals surface area contributed by atoms with Crippen LogP contribution in [-0.2, 0) is 16.6 Å². The fraction of sp³-hybridized carbons (Fsp3) is 0.733. The second kappa shape index (κ2) is 8.56. The number of aromatic amines is 1. The highest BCUT2D eigenvalue weighted by Gasteiger charge is 2.22. The summed E-state index contributed by atoms with van der Waals surface area (Å²) in [7, 11) is -3.44. The van der Waals surface area contributed by atoms with Gasteiger partial charge in [0, 0.05) is 24.5 Å². The van der Waals surface area contributed by atoms with Crippen LogP contribution in [0, 0.1) is 5.92 Å². The Labute approximate surface area is 129 Å². The minimum atomic E-state index is -3.44. The monoisotopic (exact) mass is 315 g/mol. The van der Waals surface area contributed by atoms with E-state index in [-0.39, 0.29) is 6.04 Å². The third-order valence-electron chi connectivity index (χ3n) is 3.87. The zero-order valence-corrected chi connectivity index (χ0v) is 14.4. The highest BCUT2D eigenvalue weighted by Crippen LogP contribution is 2.17. The van der Waals surface area contributed by atoms with E-state index in [2.05, 4.69) is 35.8 Å². The van der Waals surface area contributed by atoms with Gasteiger partial charge in [-0.05, 0) is 31.9 Å². The number of sulfonamides is 1. The molecule has 122 valence electrons. The molecule has 1 aromatic heterocycles. The summed E-state index contributed by atoms with van der Waals surface area (Å²) in [6, 6.07) is 1.64. The first-order valence-corrected chi connectivity index (χ1v) is 9.33. The van der Waals surface area contributed by atoms with Crippen molar-refractivity contribution in [2.45, 2.75) is 64.4 Å². The van der Waals surface area contributed by atoms with Gasteiger partial charge < -0.3 is 10.3 Å². The summed E-state index contributed by atoms with van der Waals surface area (Å²) < 4.78 is 27.5. The van der Waals surface area contributed by atoms with Crippen LogP contribution in [0.5, 0.6) is 0 Å². The SMILES string of the molecule is CCCNCc1cc(S(=O)(=O)NC(C)C(CC)CC)c[nH]1. The largest absolute Gasteiger partial charge is 0.363 e. The number of aromatic nitrogens is 1. The van der Waals surface area contributed by atoms with Crippen LogP contribution >= 0.6 is 0 Å². The number of hydrogen-bond donors (Lipinski definition) is 3. The van der Waals surface area contributed by atoms with Crippen LogP contribution in [0.15, 0.2) is 17.2 Å². The molecule has 1 rings (SSSR count). The zero-order valence-electron chi connectivity index (χ0n) is 13.6. The number of rotatable bonds is 10. The fourth-order valence-corrected chi connectivity index (χ4v) is 3.81. The quantitative estimate of drug-likeness (QED) is 0.581. The van der Waals surface area contributed by atoms with Crippen LogP contribution in [0.1, 0.15) is 52.7 Å². The van der Waals surface area contributed by atoms with Crippen LogP contribution in [0.3, 0.4) is 0 Å². The van der Waals surface area contributed by atoms with Gasteiger partial charge in [0.15, 0.2) is 0 Å². The van der Waals surface area contributed by atoms with E-state index in [4.69, 9.17) is 0 Å². The summed E-state index contributed by atoms with van der Waals surface area (Å²) in [6.45, 7) is 9.79. The topological polar surface area (TPSA) is 74.0 Å². The standard InChI is InChI=1S/C15H29N3O2S/c1-5-8-16-10-14-9-15(11-17-14)21(19,20)18-12(4)13(6-2)7-3/h9,11-13,16-18H,5-8,10H2,1-4H3. The van der Waals surface area contributed by atoms with Crippen LogP contribution in [0.4, 0.5) is 0 Å². The molecule has 0 bridgehead atoms. The molecule has 0 fully saturated rings. The van der Waals surface area contributed by atoms with Crippen molar-refractivity contribution in [3.8, 4) is 0 Å². The molecule has 0 spiro atoms. The van der Waals surface area contributed by atoms with Crippen molar-refractivity contribution in [3.63, 3.8) is 0 Å². The van der Waals surface area contributed by atoms with Gasteiger partial charge in [-0.3, -0.25) is 0 Å². The summed E-state index contributed by atoms with van der Waals surface area (Å²) >= 11 is 0. The highest BCUT2D eigenvalue weighted by molar-refractivity contribution is 7.89. The molecule has 0 aliphatic heterocycles. The third-order valence-corrected chi connectivity index (χ3v) is 5.40. The fourth-order valence-electron chi connectivity index (χ4n) is 2.48. The van der Waals surface area contributed by atoms with Crippen molar-refractivity contribution in [2.75, 3.05) is 6.54 Å². The van der Waals surface area contributed by atoms with Crippen molar-refractivity contribution in [1.82, 2.24) is 15.0 Å². The Balaban J connectivity index is 2.70. The summed E-state index contributed by atoms with van der Waals surface area (Å²) in [4.78, 5) is 3.33. The van der Waals surface area contributed by atoms with E-state index < -0.39 is 10.0 Å². The second-order valence-corrected chi connectivity index (χ2v) is 7.24. The molecule has 5 nitrogen and oxygen atoms in total. The Kier molecular flexibility index (Phi) is 7.42. The average molecular weight is 315 g/mol. The molecule has 0 saturated carbocycles. The zero-order chi connectivity index (χ0) is 15.9. The minimum absolute atomic E-state index is 0.0541. The summed E-state index contributed by atoms with van der Waals surface area (Å²) in [5, 5.41) is 3.25. The van der Waals surface area contributed by atoms with Crippen LogP contribution in [0.2, 0.25) is 0 Å². The molecule has 0 radical (unpaired) electrons. The predicted octanol–water partition coefficient (Wildman–Crippen LogP) is 2.62. The lowest BCUT2D eigenvalue weighted by Gasteiger charge is -2.21. The van der Waals surface area contributed by atoms with E-state index >= 15 is 0 Å². The Hall–Kier alpha value is -0.850. The number of nitrogens with one attached hydrogen (secondary N) is 3. The van der Waals surface area contributed by atoms with Crippen molar-refractivity contribution >= 4 is 10.0 Å². The molecule has 0 amide bonds. The van der Waals surface area contributed by atoms with Gasteiger partial charge in [0.2, 0.25) is 10.0 Å². The van der Waals surface area contributed by atoms with Crippen LogP contribution in [-0.4, -0.2) is 26.0 Å². The molecule has 0 saturated heterocycles. The molecule has 1 heterocycles. The number of hydrogen-bond acceptors (Lipinski definition) is 3. The molecular weight excluding hydrogens is 286 g/mol. The smallest absolute Gasteiger partial charge is 0.242 e. The van der Waals surface area contributed by atoms with Gasteiger partial charge in [0.05, 0.1) is 4.90 Å². The molecule has 6 heteroatoms. The molecular formula is C15H29N3O2S. The molecule has 1 atom stereocenters. The van der Waals surface area contributed by atoms with Crippen LogP contribution < -0.4 is 10.0 Å². The number of H-pyrrole nitrogens is 1. The lowest BCUT2D eigenvalue weighted by molar-refractivity contribution is 0.391. The van der Waals surface area contributed by atoms with E-state index in [0.29, 0.717) is 17.4 Å². The normalized spacial score (nSPS) is 13.8. The van der Waals surface area contributed by atoms with Gasteiger partial charge in [-0.1, -0.05) is 33.6 Å². The first-order valence-electron chi connectivity index (χ1n) is 7.84. The van der Waals surface area contributed by atoms with Gasteiger partial charge in [-0.2, -0.15) is 0 Å². The van der Waals surface area contributed by atoms with Gasteiger partial charge in [0.25, 0.3) is 0 Å². The maximum absolute atomic E-state index is 12.4. The molecule has 1 unspecified atom stereocenters.